The maximum atomic E-state index is 12.6. The van der Waals surface area contributed by atoms with Crippen molar-refractivity contribution >= 4 is 33.2 Å². The molecule has 24 heavy (non-hydrogen) atoms. The highest BCUT2D eigenvalue weighted by Crippen LogP contribution is 2.26. The Hall–Kier alpha value is -2.25. The van der Waals surface area contributed by atoms with Gasteiger partial charge in [0.05, 0.1) is 23.3 Å². The van der Waals surface area contributed by atoms with E-state index in [2.05, 4.69) is 10.0 Å². The summed E-state index contributed by atoms with van der Waals surface area (Å²) in [5.41, 5.74) is 1.23. The highest BCUT2D eigenvalue weighted by atomic mass is 35.5. The summed E-state index contributed by atoms with van der Waals surface area (Å²) in [6, 6.07) is 8.98. The fraction of sp³-hybridized carbons (Fsp3) is 0.188. The standard InChI is InChI=1S/C16H17ClN2O4S/c1-10-4-5-11(17)8-14(10)19-24(21,22)12-6-7-15(23-3)13(9-12)16(20)18-2/h4-9,19H,1-3H3,(H,18,20). The summed E-state index contributed by atoms with van der Waals surface area (Å²) in [5.74, 6) is -0.157. The average molecular weight is 369 g/mol. The van der Waals surface area contributed by atoms with Crippen molar-refractivity contribution in [3.05, 3.63) is 52.5 Å². The quantitative estimate of drug-likeness (QED) is 0.849. The number of halogens is 1. The Kier molecular flexibility index (Phi) is 5.36. The minimum Gasteiger partial charge on any atom is -0.496 e. The van der Waals surface area contributed by atoms with E-state index in [1.165, 1.54) is 38.4 Å². The third kappa shape index (κ3) is 3.80. The Morgan fingerprint density at radius 3 is 2.50 bits per heavy atom. The van der Waals surface area contributed by atoms with Gasteiger partial charge in [0.1, 0.15) is 5.75 Å². The van der Waals surface area contributed by atoms with E-state index in [1.807, 2.05) is 0 Å². The molecule has 0 aromatic heterocycles. The average Bonchev–Trinajstić information content (AvgIpc) is 2.56. The molecule has 1 amide bonds. The van der Waals surface area contributed by atoms with Gasteiger partial charge in [0.2, 0.25) is 0 Å². The topological polar surface area (TPSA) is 84.5 Å². The molecule has 0 atom stereocenters. The number of hydrogen-bond donors (Lipinski definition) is 2. The van der Waals surface area contributed by atoms with Crippen LogP contribution in [0.25, 0.3) is 0 Å². The van der Waals surface area contributed by atoms with Crippen LogP contribution in [0.15, 0.2) is 41.3 Å². The third-order valence-electron chi connectivity index (χ3n) is 3.40. The van der Waals surface area contributed by atoms with Crippen LogP contribution in [0.2, 0.25) is 5.02 Å². The van der Waals surface area contributed by atoms with Crippen LogP contribution in [-0.2, 0) is 10.0 Å². The Bertz CT molecular complexity index is 882. The molecule has 0 aliphatic heterocycles. The molecule has 0 unspecified atom stereocenters. The number of sulfonamides is 1. The fourth-order valence-electron chi connectivity index (χ4n) is 2.07. The zero-order chi connectivity index (χ0) is 17.9. The Balaban J connectivity index is 2.46. The van der Waals surface area contributed by atoms with Crippen molar-refractivity contribution in [3.63, 3.8) is 0 Å². The molecule has 2 aromatic rings. The molecule has 0 heterocycles. The molecule has 2 rings (SSSR count). The maximum absolute atomic E-state index is 12.6. The van der Waals surface area contributed by atoms with Crippen LogP contribution < -0.4 is 14.8 Å². The van der Waals surface area contributed by atoms with Crippen molar-refractivity contribution in [2.24, 2.45) is 0 Å². The molecule has 8 heteroatoms. The van der Waals surface area contributed by atoms with Gasteiger partial charge in [-0.1, -0.05) is 17.7 Å². The molecule has 0 radical (unpaired) electrons. The third-order valence-corrected chi connectivity index (χ3v) is 5.00. The van der Waals surface area contributed by atoms with Crippen LogP contribution in [0.4, 0.5) is 5.69 Å². The molecule has 0 fully saturated rings. The Labute approximate surface area is 145 Å². The number of hydrogen-bond acceptors (Lipinski definition) is 4. The highest BCUT2D eigenvalue weighted by Gasteiger charge is 2.20. The minimum absolute atomic E-state index is 0.0544. The monoisotopic (exact) mass is 368 g/mol. The SMILES string of the molecule is CNC(=O)c1cc(S(=O)(=O)Nc2cc(Cl)ccc2C)ccc1OC. The predicted molar refractivity (Wildman–Crippen MR) is 93.4 cm³/mol. The van der Waals surface area contributed by atoms with Crippen molar-refractivity contribution in [2.45, 2.75) is 11.8 Å². The molecule has 0 aliphatic rings. The maximum Gasteiger partial charge on any atom is 0.261 e. The number of methoxy groups -OCH3 is 1. The van der Waals surface area contributed by atoms with Crippen molar-refractivity contribution < 1.29 is 17.9 Å². The van der Waals surface area contributed by atoms with Crippen LogP contribution in [0.5, 0.6) is 5.75 Å². The summed E-state index contributed by atoms with van der Waals surface area (Å²) in [6.07, 6.45) is 0. The summed E-state index contributed by atoms with van der Waals surface area (Å²) < 4.78 is 32.8. The smallest absolute Gasteiger partial charge is 0.261 e. The van der Waals surface area contributed by atoms with Gasteiger partial charge in [0.15, 0.2) is 0 Å². The van der Waals surface area contributed by atoms with Gasteiger partial charge in [-0.15, -0.1) is 0 Å². The van der Waals surface area contributed by atoms with Gasteiger partial charge in [0.25, 0.3) is 15.9 Å². The first-order valence-corrected chi connectivity index (χ1v) is 8.83. The lowest BCUT2D eigenvalue weighted by molar-refractivity contribution is 0.0960. The van der Waals surface area contributed by atoms with Crippen LogP contribution >= 0.6 is 11.6 Å². The van der Waals surface area contributed by atoms with Gasteiger partial charge < -0.3 is 10.1 Å². The van der Waals surface area contributed by atoms with Crippen LogP contribution in [0, 0.1) is 6.92 Å². The number of carbonyl (C=O) groups is 1. The summed E-state index contributed by atoms with van der Waals surface area (Å²) in [4.78, 5) is 11.9. The van der Waals surface area contributed by atoms with Crippen molar-refractivity contribution in [1.29, 1.82) is 0 Å². The van der Waals surface area contributed by atoms with E-state index in [9.17, 15) is 13.2 Å². The predicted octanol–water partition coefficient (Wildman–Crippen LogP) is 2.82. The second-order valence-corrected chi connectivity index (χ2v) is 7.12. The molecular formula is C16H17ClN2O4S. The summed E-state index contributed by atoms with van der Waals surface area (Å²) >= 11 is 5.91. The lowest BCUT2D eigenvalue weighted by atomic mass is 10.2. The zero-order valence-corrected chi connectivity index (χ0v) is 15.0. The summed E-state index contributed by atoms with van der Waals surface area (Å²) in [6.45, 7) is 1.76. The number of amides is 1. The number of aryl methyl sites for hydroxylation is 1. The number of ether oxygens (including phenoxy) is 1. The van der Waals surface area contributed by atoms with Crippen LogP contribution in [0.3, 0.4) is 0 Å². The van der Waals surface area contributed by atoms with Gasteiger partial charge in [-0.2, -0.15) is 0 Å². The first kappa shape index (κ1) is 18.1. The molecule has 128 valence electrons. The van der Waals surface area contributed by atoms with Crippen LogP contribution in [-0.4, -0.2) is 28.5 Å². The molecule has 0 saturated carbocycles. The molecule has 0 saturated heterocycles. The molecule has 0 aliphatic carbocycles. The number of carbonyl (C=O) groups excluding carboxylic acids is 1. The summed E-state index contributed by atoms with van der Waals surface area (Å²) in [7, 11) is -1.02. The van der Waals surface area contributed by atoms with Crippen molar-refractivity contribution in [3.8, 4) is 5.75 Å². The zero-order valence-electron chi connectivity index (χ0n) is 13.4. The number of benzene rings is 2. The van der Waals surface area contributed by atoms with E-state index >= 15 is 0 Å². The lowest BCUT2D eigenvalue weighted by Crippen LogP contribution is -2.20. The second kappa shape index (κ2) is 7.11. The molecule has 2 N–H and O–H groups in total. The van der Waals surface area contributed by atoms with Gasteiger partial charge in [-0.3, -0.25) is 9.52 Å². The van der Waals surface area contributed by atoms with Gasteiger partial charge >= 0.3 is 0 Å². The van der Waals surface area contributed by atoms with E-state index in [0.717, 1.165) is 5.56 Å². The minimum atomic E-state index is -3.89. The molecular weight excluding hydrogens is 352 g/mol. The van der Waals surface area contributed by atoms with E-state index in [-0.39, 0.29) is 16.2 Å². The largest absolute Gasteiger partial charge is 0.496 e. The van der Waals surface area contributed by atoms with E-state index in [1.54, 1.807) is 19.1 Å². The van der Waals surface area contributed by atoms with E-state index in [0.29, 0.717) is 10.7 Å². The first-order chi connectivity index (χ1) is 11.3. The lowest BCUT2D eigenvalue weighted by Gasteiger charge is -2.13. The number of rotatable bonds is 5. The van der Waals surface area contributed by atoms with Gasteiger partial charge in [0, 0.05) is 12.1 Å². The van der Waals surface area contributed by atoms with Crippen molar-refractivity contribution in [1.82, 2.24) is 5.32 Å². The molecule has 0 spiro atoms. The summed E-state index contributed by atoms with van der Waals surface area (Å²) in [5, 5.41) is 2.87. The Morgan fingerprint density at radius 1 is 1.17 bits per heavy atom. The molecule has 0 bridgehead atoms. The molecule has 6 nitrogen and oxygen atoms in total. The fourth-order valence-corrected chi connectivity index (χ4v) is 3.39. The second-order valence-electron chi connectivity index (χ2n) is 5.01. The molecule has 2 aromatic carbocycles. The Morgan fingerprint density at radius 2 is 1.88 bits per heavy atom. The van der Waals surface area contributed by atoms with Crippen LogP contribution in [0.1, 0.15) is 15.9 Å². The van der Waals surface area contributed by atoms with Gasteiger partial charge in [-0.05, 0) is 42.8 Å². The van der Waals surface area contributed by atoms with Gasteiger partial charge in [-0.25, -0.2) is 8.42 Å². The highest BCUT2D eigenvalue weighted by molar-refractivity contribution is 7.92. The van der Waals surface area contributed by atoms with E-state index in [4.69, 9.17) is 16.3 Å². The van der Waals surface area contributed by atoms with Crippen molar-refractivity contribution in [2.75, 3.05) is 18.9 Å². The number of anilines is 1. The van der Waals surface area contributed by atoms with E-state index < -0.39 is 15.9 Å². The number of nitrogens with one attached hydrogen (secondary N) is 2. The first-order valence-electron chi connectivity index (χ1n) is 6.97. The normalized spacial score (nSPS) is 11.0.